The van der Waals surface area contributed by atoms with Gasteiger partial charge in [-0.05, 0) is 29.3 Å². The normalized spacial score (nSPS) is 12.7. The van der Waals surface area contributed by atoms with E-state index in [0.717, 1.165) is 29.0 Å². The minimum absolute atomic E-state index is 0. The summed E-state index contributed by atoms with van der Waals surface area (Å²) in [6, 6.07) is 12.9. The predicted molar refractivity (Wildman–Crippen MR) is 116 cm³/mol. The highest BCUT2D eigenvalue weighted by molar-refractivity contribution is 14.0. The number of hydrogen-bond donors (Lipinski definition) is 2. The first-order chi connectivity index (χ1) is 12.8. The molecule has 154 valence electrons. The smallest absolute Gasteiger partial charge is 0.416 e. The molecule has 0 radical (unpaired) electrons. The lowest BCUT2D eigenvalue weighted by atomic mass is 10.0. The number of alkyl halides is 3. The molecular weight excluding hydrogens is 482 g/mol. The van der Waals surface area contributed by atoms with Crippen LogP contribution in [0, 0.1) is 0 Å². The Labute approximate surface area is 180 Å². The standard InChI is InChI=1S/C20H24F3N3O.HI/c1-14(17-6-4-5-7-18(17)27-3)12-25-19(24-2)26-13-15-8-10-16(11-9-15)20(21,22)23;/h4-11,14H,12-13H2,1-3H3,(H2,24,25,26);1H. The van der Waals surface area contributed by atoms with E-state index in [0.29, 0.717) is 19.0 Å². The largest absolute Gasteiger partial charge is 0.496 e. The Morgan fingerprint density at radius 1 is 1.07 bits per heavy atom. The van der Waals surface area contributed by atoms with Crippen molar-refractivity contribution >= 4 is 29.9 Å². The van der Waals surface area contributed by atoms with E-state index in [2.05, 4.69) is 22.5 Å². The highest BCUT2D eigenvalue weighted by Crippen LogP contribution is 2.29. The summed E-state index contributed by atoms with van der Waals surface area (Å²) in [5, 5.41) is 6.33. The fraction of sp³-hybridized carbons (Fsp3) is 0.350. The molecule has 2 rings (SSSR count). The van der Waals surface area contributed by atoms with E-state index < -0.39 is 11.7 Å². The van der Waals surface area contributed by atoms with Crippen LogP contribution >= 0.6 is 24.0 Å². The van der Waals surface area contributed by atoms with Crippen molar-refractivity contribution in [2.24, 2.45) is 4.99 Å². The van der Waals surface area contributed by atoms with Crippen LogP contribution in [-0.2, 0) is 12.7 Å². The zero-order chi connectivity index (χ0) is 19.9. The number of nitrogens with one attached hydrogen (secondary N) is 2. The third-order valence-electron chi connectivity index (χ3n) is 4.21. The summed E-state index contributed by atoms with van der Waals surface area (Å²) in [6.07, 6.45) is -4.32. The van der Waals surface area contributed by atoms with Crippen molar-refractivity contribution in [3.63, 3.8) is 0 Å². The van der Waals surface area contributed by atoms with Gasteiger partial charge in [0.05, 0.1) is 12.7 Å². The number of para-hydroxylation sites is 1. The lowest BCUT2D eigenvalue weighted by Gasteiger charge is -2.18. The van der Waals surface area contributed by atoms with Crippen molar-refractivity contribution < 1.29 is 17.9 Å². The third-order valence-corrected chi connectivity index (χ3v) is 4.21. The highest BCUT2D eigenvalue weighted by Gasteiger charge is 2.29. The fourth-order valence-corrected chi connectivity index (χ4v) is 2.65. The van der Waals surface area contributed by atoms with E-state index in [4.69, 9.17) is 4.74 Å². The number of rotatable bonds is 6. The molecule has 1 atom stereocenters. The molecule has 0 amide bonds. The van der Waals surface area contributed by atoms with Crippen molar-refractivity contribution in [1.29, 1.82) is 0 Å². The number of nitrogens with zero attached hydrogens (tertiary/aromatic N) is 1. The zero-order valence-electron chi connectivity index (χ0n) is 16.0. The number of ether oxygens (including phenoxy) is 1. The van der Waals surface area contributed by atoms with E-state index in [9.17, 15) is 13.2 Å². The summed E-state index contributed by atoms with van der Waals surface area (Å²) in [5.74, 6) is 1.60. The van der Waals surface area contributed by atoms with Crippen molar-refractivity contribution in [2.45, 2.75) is 25.6 Å². The van der Waals surface area contributed by atoms with Gasteiger partial charge in [0.1, 0.15) is 5.75 Å². The minimum Gasteiger partial charge on any atom is -0.496 e. The molecule has 0 aromatic heterocycles. The SMILES string of the molecule is CN=C(NCc1ccc(C(F)(F)F)cc1)NCC(C)c1ccccc1OC.I. The fourth-order valence-electron chi connectivity index (χ4n) is 2.65. The van der Waals surface area contributed by atoms with Crippen molar-refractivity contribution in [1.82, 2.24) is 10.6 Å². The van der Waals surface area contributed by atoms with Crippen molar-refractivity contribution in [2.75, 3.05) is 20.7 Å². The molecule has 28 heavy (non-hydrogen) atoms. The second-order valence-electron chi connectivity index (χ2n) is 6.14. The Balaban J connectivity index is 0.00000392. The maximum Gasteiger partial charge on any atom is 0.416 e. The van der Waals surface area contributed by atoms with Crippen LogP contribution in [0.2, 0.25) is 0 Å². The van der Waals surface area contributed by atoms with E-state index in [1.165, 1.54) is 12.1 Å². The van der Waals surface area contributed by atoms with Gasteiger partial charge in [0.25, 0.3) is 0 Å². The Bertz CT molecular complexity index is 764. The molecule has 2 N–H and O–H groups in total. The molecule has 8 heteroatoms. The van der Waals surface area contributed by atoms with Gasteiger partial charge in [0, 0.05) is 26.1 Å². The van der Waals surface area contributed by atoms with E-state index >= 15 is 0 Å². The molecule has 0 bridgehead atoms. The molecule has 0 aliphatic heterocycles. The Kier molecular flexibility index (Phi) is 9.57. The molecule has 4 nitrogen and oxygen atoms in total. The molecule has 0 aliphatic rings. The predicted octanol–water partition coefficient (Wildman–Crippen LogP) is 4.80. The van der Waals surface area contributed by atoms with Crippen molar-refractivity contribution in [3.8, 4) is 5.75 Å². The monoisotopic (exact) mass is 507 g/mol. The topological polar surface area (TPSA) is 45.7 Å². The average Bonchev–Trinajstić information content (AvgIpc) is 2.67. The second-order valence-corrected chi connectivity index (χ2v) is 6.14. The van der Waals surface area contributed by atoms with Crippen LogP contribution in [0.4, 0.5) is 13.2 Å². The maximum atomic E-state index is 12.6. The summed E-state index contributed by atoms with van der Waals surface area (Å²) in [7, 11) is 3.29. The Hall–Kier alpha value is -1.97. The molecule has 0 aliphatic carbocycles. The molecule has 0 heterocycles. The van der Waals surface area contributed by atoms with E-state index in [-0.39, 0.29) is 29.9 Å². The molecule has 2 aromatic carbocycles. The van der Waals surface area contributed by atoms with Crippen LogP contribution in [0.25, 0.3) is 0 Å². The lowest BCUT2D eigenvalue weighted by molar-refractivity contribution is -0.137. The van der Waals surface area contributed by atoms with Gasteiger partial charge in [-0.3, -0.25) is 4.99 Å². The molecule has 0 fully saturated rings. The highest BCUT2D eigenvalue weighted by atomic mass is 127. The maximum absolute atomic E-state index is 12.6. The van der Waals surface area contributed by atoms with Gasteiger partial charge in [-0.25, -0.2) is 0 Å². The molecular formula is C20H25F3IN3O. The summed E-state index contributed by atoms with van der Waals surface area (Å²) >= 11 is 0. The Morgan fingerprint density at radius 3 is 2.29 bits per heavy atom. The first kappa shape index (κ1) is 24.1. The minimum atomic E-state index is -4.32. The quantitative estimate of drug-likeness (QED) is 0.336. The summed E-state index contributed by atoms with van der Waals surface area (Å²) in [5.41, 5.74) is 1.17. The molecule has 2 aromatic rings. The van der Waals surface area contributed by atoms with Crippen LogP contribution in [0.15, 0.2) is 53.5 Å². The zero-order valence-corrected chi connectivity index (χ0v) is 18.3. The number of benzene rings is 2. The molecule has 0 saturated heterocycles. The summed E-state index contributed by atoms with van der Waals surface area (Å²) in [4.78, 5) is 4.15. The first-order valence-corrected chi connectivity index (χ1v) is 8.58. The van der Waals surface area contributed by atoms with Gasteiger partial charge < -0.3 is 15.4 Å². The van der Waals surface area contributed by atoms with Crippen LogP contribution in [0.3, 0.4) is 0 Å². The summed E-state index contributed by atoms with van der Waals surface area (Å²) < 4.78 is 43.2. The number of guanidine groups is 1. The van der Waals surface area contributed by atoms with Gasteiger partial charge >= 0.3 is 6.18 Å². The number of methoxy groups -OCH3 is 1. The van der Waals surface area contributed by atoms with Crippen LogP contribution in [0.1, 0.15) is 29.5 Å². The number of hydrogen-bond acceptors (Lipinski definition) is 2. The average molecular weight is 507 g/mol. The number of halogens is 4. The van der Waals surface area contributed by atoms with E-state index in [1.807, 2.05) is 24.3 Å². The molecule has 1 unspecified atom stereocenters. The molecule has 0 spiro atoms. The molecule has 0 saturated carbocycles. The van der Waals surface area contributed by atoms with Gasteiger partial charge in [-0.15, -0.1) is 24.0 Å². The third kappa shape index (κ3) is 6.88. The second kappa shape index (κ2) is 11.1. The van der Waals surface area contributed by atoms with Crippen molar-refractivity contribution in [3.05, 3.63) is 65.2 Å². The van der Waals surface area contributed by atoms with Gasteiger partial charge in [-0.1, -0.05) is 37.3 Å². The number of aliphatic imine (C=N–C) groups is 1. The van der Waals surface area contributed by atoms with Gasteiger partial charge in [0.2, 0.25) is 0 Å². The summed E-state index contributed by atoms with van der Waals surface area (Å²) in [6.45, 7) is 3.09. The van der Waals surface area contributed by atoms with Crippen LogP contribution in [0.5, 0.6) is 5.75 Å². The first-order valence-electron chi connectivity index (χ1n) is 8.58. The lowest BCUT2D eigenvalue weighted by Crippen LogP contribution is -2.38. The van der Waals surface area contributed by atoms with Gasteiger partial charge in [0.15, 0.2) is 5.96 Å². The van der Waals surface area contributed by atoms with Crippen LogP contribution in [-0.4, -0.2) is 26.7 Å². The van der Waals surface area contributed by atoms with Gasteiger partial charge in [-0.2, -0.15) is 13.2 Å². The Morgan fingerprint density at radius 2 is 1.71 bits per heavy atom. The van der Waals surface area contributed by atoms with E-state index in [1.54, 1.807) is 14.2 Å². The van der Waals surface area contributed by atoms with Crippen LogP contribution < -0.4 is 15.4 Å².